The number of hydrogen-bond acceptors (Lipinski definition) is 0. The predicted octanol–water partition coefficient (Wildman–Crippen LogP) is 17.8. The van der Waals surface area contributed by atoms with E-state index in [2.05, 4.69) is 91.8 Å². The number of unbranched alkanes of at least 4 members (excludes halogenated alkanes) is 15. The van der Waals surface area contributed by atoms with Gasteiger partial charge >= 0.3 is 16.5 Å². The molecule has 1 aliphatic rings. The van der Waals surface area contributed by atoms with Crippen molar-refractivity contribution in [1.82, 2.24) is 0 Å². The third-order valence-electron chi connectivity index (χ3n) is 11.5. The van der Waals surface area contributed by atoms with Crippen LogP contribution in [0.5, 0.6) is 0 Å². The second-order valence-electron chi connectivity index (χ2n) is 16.9. The number of allylic oxidation sites excluding steroid dienone is 2. The fraction of sp³-hybridized carbons (Fsp3) is 0.474. The molecule has 0 radical (unpaired) electrons. The van der Waals surface area contributed by atoms with E-state index >= 15 is 0 Å². The van der Waals surface area contributed by atoms with Gasteiger partial charge in [-0.1, -0.05) is 159 Å². The molecule has 0 fully saturated rings. The molecule has 0 aliphatic carbocycles. The number of rotatable bonds is 23. The monoisotopic (exact) mass is 851 g/mol. The number of nitrogens with zero attached hydrogens (tertiary/aromatic N) is 2. The Hall–Kier alpha value is -3.81. The second-order valence-corrected chi connectivity index (χ2v) is 16.9. The minimum absolute atomic E-state index is 0. The van der Waals surface area contributed by atoms with Crippen LogP contribution in [0.25, 0.3) is 16.9 Å². The topological polar surface area (TPSA) is 25.3 Å². The smallest absolute Gasteiger partial charge is 0.493 e. The first-order valence-corrected chi connectivity index (χ1v) is 23.6. The summed E-state index contributed by atoms with van der Waals surface area (Å²) < 4.78 is 1.58. The molecule has 0 bridgehead atoms. The Balaban J connectivity index is 0.000000691. The molecular weight excluding hydrogens is 771 g/mol. The third-order valence-corrected chi connectivity index (χ3v) is 11.5. The fourth-order valence-corrected chi connectivity index (χ4v) is 8.19. The maximum Gasteiger partial charge on any atom is 2.00 e. The SMILES string of the molecule is CCCCCCCCCCCCCCCCCC1=C(c2cc(C)cc(C)c2)[N+](=[N-])C(c2cc(CC)cc(CC)c2)=C1CCCC.[CH2-]c1ccccc1.[CH2-]c1ccccc1.[Ni+2]. The number of aryl methyl sites for hydroxylation is 4. The van der Waals surface area contributed by atoms with Crippen molar-refractivity contribution in [2.24, 2.45) is 0 Å². The van der Waals surface area contributed by atoms with Crippen LogP contribution in [0.3, 0.4) is 0 Å². The van der Waals surface area contributed by atoms with Crippen LogP contribution in [-0.4, -0.2) is 4.70 Å². The van der Waals surface area contributed by atoms with Crippen LogP contribution >= 0.6 is 0 Å². The van der Waals surface area contributed by atoms with Gasteiger partial charge in [-0.15, -0.1) is 24.3 Å². The van der Waals surface area contributed by atoms with E-state index < -0.39 is 0 Å². The molecular formula is C57H80N2Ni. The molecule has 0 amide bonds. The molecule has 0 aromatic heterocycles. The second kappa shape index (κ2) is 31.1. The van der Waals surface area contributed by atoms with Crippen LogP contribution in [0.2, 0.25) is 0 Å². The minimum atomic E-state index is 0. The van der Waals surface area contributed by atoms with Crippen LogP contribution in [0, 0.1) is 27.7 Å². The summed E-state index contributed by atoms with van der Waals surface area (Å²) in [6.07, 6.45) is 27.1. The molecule has 0 saturated heterocycles. The molecule has 0 spiro atoms. The third kappa shape index (κ3) is 19.3. The van der Waals surface area contributed by atoms with Gasteiger partial charge < -0.3 is 5.53 Å². The summed E-state index contributed by atoms with van der Waals surface area (Å²) in [5.74, 6) is 0. The van der Waals surface area contributed by atoms with Gasteiger partial charge in [0.1, 0.15) is 0 Å². The largest absolute Gasteiger partial charge is 2.00 e. The summed E-state index contributed by atoms with van der Waals surface area (Å²) in [6, 6.07) is 33.5. The van der Waals surface area contributed by atoms with E-state index in [4.69, 9.17) is 0 Å². The van der Waals surface area contributed by atoms with Crippen LogP contribution in [0.15, 0.2) is 108 Å². The molecule has 2 nitrogen and oxygen atoms in total. The molecule has 0 saturated carbocycles. The van der Waals surface area contributed by atoms with E-state index in [1.54, 1.807) is 4.70 Å². The standard InChI is InChI=1S/C43H66N2.2C7H7.Ni/c1-7-11-13-14-15-16-17-18-19-20-21-22-23-24-25-27-41-40(26-12-8-2)43(39-32-36(9-3)31-37(10-4)33-39)45(44)42(41)38-29-34(5)28-35(6)30-38;2*1-7-5-3-2-4-6-7;/h28-33H,7-27H2,1-6H3;2*2-6H,1H2;/q;2*-1;+2. The zero-order valence-corrected chi connectivity index (χ0v) is 39.7. The van der Waals surface area contributed by atoms with Crippen molar-refractivity contribution in [1.29, 1.82) is 0 Å². The quantitative estimate of drug-likeness (QED) is 0.0307. The Bertz CT molecular complexity index is 1750. The van der Waals surface area contributed by atoms with Crippen LogP contribution < -0.4 is 0 Å². The molecule has 3 heteroatoms. The predicted molar refractivity (Wildman–Crippen MR) is 259 cm³/mol. The van der Waals surface area contributed by atoms with E-state index in [-0.39, 0.29) is 16.5 Å². The van der Waals surface area contributed by atoms with E-state index in [0.717, 1.165) is 66.6 Å². The zero-order valence-electron chi connectivity index (χ0n) is 38.7. The molecule has 1 aliphatic heterocycles. The van der Waals surface area contributed by atoms with Gasteiger partial charge in [-0.05, 0) is 87.8 Å². The summed E-state index contributed by atoms with van der Waals surface area (Å²) in [6.45, 7) is 20.8. The van der Waals surface area contributed by atoms with Crippen molar-refractivity contribution in [3.63, 3.8) is 0 Å². The molecule has 4 aromatic rings. The van der Waals surface area contributed by atoms with E-state index in [9.17, 15) is 5.53 Å². The van der Waals surface area contributed by atoms with Gasteiger partial charge in [0.15, 0.2) is 0 Å². The molecule has 1 heterocycles. The van der Waals surface area contributed by atoms with Gasteiger partial charge in [0.25, 0.3) is 0 Å². The Morgan fingerprint density at radius 2 is 0.783 bits per heavy atom. The first kappa shape index (κ1) is 52.3. The van der Waals surface area contributed by atoms with Crippen molar-refractivity contribution >= 4 is 11.4 Å². The Morgan fingerprint density at radius 3 is 1.13 bits per heavy atom. The molecule has 5 rings (SSSR count). The van der Waals surface area contributed by atoms with Crippen LogP contribution in [-0.2, 0) is 29.3 Å². The first-order chi connectivity index (χ1) is 28.7. The summed E-state index contributed by atoms with van der Waals surface area (Å²) >= 11 is 0. The van der Waals surface area contributed by atoms with Gasteiger partial charge in [0.05, 0.1) is 0 Å². The van der Waals surface area contributed by atoms with Crippen molar-refractivity contribution < 1.29 is 21.2 Å². The molecule has 60 heavy (non-hydrogen) atoms. The Morgan fingerprint density at radius 1 is 0.433 bits per heavy atom. The van der Waals surface area contributed by atoms with E-state index in [1.165, 1.54) is 135 Å². The van der Waals surface area contributed by atoms with Crippen molar-refractivity contribution in [2.45, 2.75) is 176 Å². The van der Waals surface area contributed by atoms with E-state index in [1.807, 2.05) is 60.7 Å². The van der Waals surface area contributed by atoms with Gasteiger partial charge in [-0.2, -0.15) is 49.2 Å². The maximum atomic E-state index is 12.0. The average Bonchev–Trinajstić information content (AvgIpc) is 3.51. The van der Waals surface area contributed by atoms with Crippen molar-refractivity contribution in [3.05, 3.63) is 172 Å². The van der Waals surface area contributed by atoms with Gasteiger partial charge in [-0.3, -0.25) is 0 Å². The van der Waals surface area contributed by atoms with Crippen molar-refractivity contribution in [3.8, 4) is 0 Å². The molecule has 4 aromatic carbocycles. The molecule has 0 unspecified atom stereocenters. The minimum Gasteiger partial charge on any atom is -0.493 e. The molecule has 0 N–H and O–H groups in total. The van der Waals surface area contributed by atoms with E-state index in [0.29, 0.717) is 0 Å². The zero-order chi connectivity index (χ0) is 42.7. The van der Waals surface area contributed by atoms with Crippen LogP contribution in [0.4, 0.5) is 0 Å². The van der Waals surface area contributed by atoms with Crippen LogP contribution in [0.1, 0.15) is 194 Å². The first-order valence-electron chi connectivity index (χ1n) is 23.6. The number of hydrogen-bond donors (Lipinski definition) is 0. The number of benzene rings is 4. The average molecular weight is 852 g/mol. The molecule has 328 valence electrons. The summed E-state index contributed by atoms with van der Waals surface area (Å²) in [7, 11) is 0. The van der Waals surface area contributed by atoms with Gasteiger partial charge in [-0.25, -0.2) is 4.70 Å². The summed E-state index contributed by atoms with van der Waals surface area (Å²) in [4.78, 5) is 0. The fourth-order valence-electron chi connectivity index (χ4n) is 8.19. The normalized spacial score (nSPS) is 12.1. The molecule has 0 atom stereocenters. The van der Waals surface area contributed by atoms with Gasteiger partial charge in [0, 0.05) is 22.3 Å². The summed E-state index contributed by atoms with van der Waals surface area (Å²) in [5, 5.41) is 0. The Labute approximate surface area is 379 Å². The Kier molecular flexibility index (Phi) is 27.1. The van der Waals surface area contributed by atoms with Crippen molar-refractivity contribution in [2.75, 3.05) is 0 Å². The van der Waals surface area contributed by atoms with Gasteiger partial charge in [0.2, 0.25) is 11.4 Å². The maximum absolute atomic E-state index is 12.0. The summed E-state index contributed by atoms with van der Waals surface area (Å²) in [5.41, 5.74) is 26.5.